The van der Waals surface area contributed by atoms with Crippen molar-refractivity contribution in [3.63, 3.8) is 0 Å². The van der Waals surface area contributed by atoms with Gasteiger partial charge in [0.1, 0.15) is 6.04 Å². The first-order valence-electron chi connectivity index (χ1n) is 4.39. The fraction of sp³-hybridized carbons (Fsp3) is 0.750. The summed E-state index contributed by atoms with van der Waals surface area (Å²) in [4.78, 5) is 21.6. The molecule has 0 radical (unpaired) electrons. The molecule has 1 heterocycles. The lowest BCUT2D eigenvalue weighted by Crippen LogP contribution is -2.46. The van der Waals surface area contributed by atoms with Gasteiger partial charge >= 0.3 is 6.09 Å². The first kappa shape index (κ1) is 9.83. The van der Waals surface area contributed by atoms with E-state index in [9.17, 15) is 9.59 Å². The average molecular weight is 186 g/mol. The molecule has 74 valence electrons. The molecular formula is C8H14N2O3. The summed E-state index contributed by atoms with van der Waals surface area (Å²) >= 11 is 0. The Bertz CT molecular complexity index is 217. The van der Waals surface area contributed by atoms with Gasteiger partial charge in [0.15, 0.2) is 0 Å². The topological polar surface area (TPSA) is 78.4 Å². The normalized spacial score (nSPS) is 28.8. The van der Waals surface area contributed by atoms with E-state index < -0.39 is 12.1 Å². The van der Waals surface area contributed by atoms with E-state index in [2.05, 4.69) is 10.6 Å². The maximum absolute atomic E-state index is 11.3. The summed E-state index contributed by atoms with van der Waals surface area (Å²) in [6.07, 6.45) is 1.21. The Balaban J connectivity index is 2.53. The highest BCUT2D eigenvalue weighted by molar-refractivity contribution is 5.85. The van der Waals surface area contributed by atoms with Crippen LogP contribution in [0.4, 0.5) is 4.79 Å². The standard InChI is InChI=1S/C8H14N2O3/c1-5-3-2-4-6(7(11)9-5)10-8(12)13/h5-6,10H,2-4H2,1H3,(H,9,11)(H,12,13)/t5-,6-/m1/s1. The first-order valence-corrected chi connectivity index (χ1v) is 4.39. The Kier molecular flexibility index (Phi) is 3.11. The lowest BCUT2D eigenvalue weighted by Gasteiger charge is -2.13. The molecule has 1 fully saturated rings. The Morgan fingerprint density at radius 2 is 2.31 bits per heavy atom. The molecule has 0 unspecified atom stereocenters. The van der Waals surface area contributed by atoms with Gasteiger partial charge in [0, 0.05) is 6.04 Å². The van der Waals surface area contributed by atoms with E-state index in [4.69, 9.17) is 5.11 Å². The summed E-state index contributed by atoms with van der Waals surface area (Å²) in [5.41, 5.74) is 0. The zero-order chi connectivity index (χ0) is 9.84. The van der Waals surface area contributed by atoms with Crippen molar-refractivity contribution in [2.45, 2.75) is 38.3 Å². The van der Waals surface area contributed by atoms with Crippen molar-refractivity contribution in [2.75, 3.05) is 0 Å². The van der Waals surface area contributed by atoms with E-state index in [-0.39, 0.29) is 11.9 Å². The Hall–Kier alpha value is -1.26. The zero-order valence-corrected chi connectivity index (χ0v) is 7.54. The lowest BCUT2D eigenvalue weighted by molar-refractivity contribution is -0.123. The van der Waals surface area contributed by atoms with Crippen LogP contribution in [0.2, 0.25) is 0 Å². The minimum atomic E-state index is -1.14. The van der Waals surface area contributed by atoms with Crippen LogP contribution in [0.5, 0.6) is 0 Å². The van der Waals surface area contributed by atoms with E-state index in [0.717, 1.165) is 12.8 Å². The molecule has 5 heteroatoms. The van der Waals surface area contributed by atoms with Crippen LogP contribution in [-0.2, 0) is 4.79 Å². The molecule has 0 bridgehead atoms. The van der Waals surface area contributed by atoms with Gasteiger partial charge in [-0.15, -0.1) is 0 Å². The van der Waals surface area contributed by atoms with Crippen molar-refractivity contribution in [1.29, 1.82) is 0 Å². The van der Waals surface area contributed by atoms with Gasteiger partial charge in [0.2, 0.25) is 5.91 Å². The van der Waals surface area contributed by atoms with Crippen molar-refractivity contribution >= 4 is 12.0 Å². The maximum Gasteiger partial charge on any atom is 0.405 e. The molecule has 0 aromatic rings. The second kappa shape index (κ2) is 4.11. The molecule has 0 aromatic carbocycles. The fourth-order valence-corrected chi connectivity index (χ4v) is 1.46. The molecule has 2 atom stereocenters. The SMILES string of the molecule is C[C@@H]1CCC[C@@H](NC(=O)O)C(=O)N1. The highest BCUT2D eigenvalue weighted by Crippen LogP contribution is 2.09. The molecule has 0 spiro atoms. The molecule has 0 aliphatic carbocycles. The van der Waals surface area contributed by atoms with Crippen LogP contribution in [0, 0.1) is 0 Å². The van der Waals surface area contributed by atoms with Gasteiger partial charge in [0.25, 0.3) is 0 Å². The number of amides is 2. The molecule has 1 rings (SSSR count). The highest BCUT2D eigenvalue weighted by atomic mass is 16.4. The van der Waals surface area contributed by atoms with Crippen molar-refractivity contribution in [1.82, 2.24) is 10.6 Å². The van der Waals surface area contributed by atoms with Gasteiger partial charge in [-0.1, -0.05) is 0 Å². The Morgan fingerprint density at radius 1 is 1.62 bits per heavy atom. The van der Waals surface area contributed by atoms with Crippen molar-refractivity contribution in [3.05, 3.63) is 0 Å². The van der Waals surface area contributed by atoms with Gasteiger partial charge < -0.3 is 15.7 Å². The second-order valence-corrected chi connectivity index (χ2v) is 3.34. The molecule has 1 aliphatic heterocycles. The number of hydrogen-bond acceptors (Lipinski definition) is 2. The van der Waals surface area contributed by atoms with Gasteiger partial charge in [-0.3, -0.25) is 4.79 Å². The zero-order valence-electron chi connectivity index (χ0n) is 7.54. The van der Waals surface area contributed by atoms with E-state index >= 15 is 0 Å². The van der Waals surface area contributed by atoms with Crippen LogP contribution in [0.3, 0.4) is 0 Å². The average Bonchev–Trinajstić information content (AvgIpc) is 2.13. The molecule has 2 amide bonds. The van der Waals surface area contributed by atoms with Crippen LogP contribution >= 0.6 is 0 Å². The maximum atomic E-state index is 11.3. The number of carbonyl (C=O) groups excluding carboxylic acids is 1. The molecule has 0 aromatic heterocycles. The van der Waals surface area contributed by atoms with E-state index in [1.165, 1.54) is 0 Å². The molecule has 3 N–H and O–H groups in total. The monoisotopic (exact) mass is 186 g/mol. The number of rotatable bonds is 1. The van der Waals surface area contributed by atoms with Crippen LogP contribution in [0.15, 0.2) is 0 Å². The summed E-state index contributed by atoms with van der Waals surface area (Å²) in [5, 5.41) is 13.4. The molecule has 0 saturated carbocycles. The van der Waals surface area contributed by atoms with Crippen molar-refractivity contribution < 1.29 is 14.7 Å². The quantitative estimate of drug-likeness (QED) is 0.551. The smallest absolute Gasteiger partial charge is 0.405 e. The Morgan fingerprint density at radius 3 is 2.92 bits per heavy atom. The third-order valence-electron chi connectivity index (χ3n) is 2.13. The first-order chi connectivity index (χ1) is 6.09. The van der Waals surface area contributed by atoms with Crippen LogP contribution in [0.25, 0.3) is 0 Å². The van der Waals surface area contributed by atoms with Crippen LogP contribution in [0.1, 0.15) is 26.2 Å². The predicted octanol–water partition coefficient (Wildman–Crippen LogP) is 0.311. The fourth-order valence-electron chi connectivity index (χ4n) is 1.46. The summed E-state index contributed by atoms with van der Waals surface area (Å²) in [5.74, 6) is -0.215. The summed E-state index contributed by atoms with van der Waals surface area (Å²) in [6.45, 7) is 1.92. The minimum absolute atomic E-state index is 0.146. The molecular weight excluding hydrogens is 172 g/mol. The van der Waals surface area contributed by atoms with Gasteiger partial charge in [-0.05, 0) is 26.2 Å². The Labute approximate surface area is 76.5 Å². The van der Waals surface area contributed by atoms with Gasteiger partial charge in [0.05, 0.1) is 0 Å². The third kappa shape index (κ3) is 2.93. The minimum Gasteiger partial charge on any atom is -0.465 e. The largest absolute Gasteiger partial charge is 0.465 e. The van der Waals surface area contributed by atoms with E-state index in [0.29, 0.717) is 6.42 Å². The number of carbonyl (C=O) groups is 2. The van der Waals surface area contributed by atoms with Crippen LogP contribution in [-0.4, -0.2) is 29.2 Å². The van der Waals surface area contributed by atoms with Crippen LogP contribution < -0.4 is 10.6 Å². The predicted molar refractivity (Wildman–Crippen MR) is 46.4 cm³/mol. The molecule has 1 saturated heterocycles. The number of hydrogen-bond donors (Lipinski definition) is 3. The second-order valence-electron chi connectivity index (χ2n) is 3.34. The van der Waals surface area contributed by atoms with E-state index in [1.54, 1.807) is 0 Å². The lowest BCUT2D eigenvalue weighted by atomic mass is 10.1. The van der Waals surface area contributed by atoms with Gasteiger partial charge in [-0.25, -0.2) is 4.79 Å². The number of nitrogens with one attached hydrogen (secondary N) is 2. The molecule has 1 aliphatic rings. The highest BCUT2D eigenvalue weighted by Gasteiger charge is 2.24. The number of carboxylic acid groups (broad SMARTS) is 1. The van der Waals surface area contributed by atoms with Gasteiger partial charge in [-0.2, -0.15) is 0 Å². The third-order valence-corrected chi connectivity index (χ3v) is 2.13. The van der Waals surface area contributed by atoms with Crippen molar-refractivity contribution in [2.24, 2.45) is 0 Å². The molecule has 13 heavy (non-hydrogen) atoms. The summed E-state index contributed by atoms with van der Waals surface area (Å²) in [7, 11) is 0. The van der Waals surface area contributed by atoms with Crippen molar-refractivity contribution in [3.8, 4) is 0 Å². The summed E-state index contributed by atoms with van der Waals surface area (Å²) < 4.78 is 0. The summed E-state index contributed by atoms with van der Waals surface area (Å²) in [6, 6.07) is -0.435. The molecule has 5 nitrogen and oxygen atoms in total. The van der Waals surface area contributed by atoms with E-state index in [1.807, 2.05) is 6.92 Å².